The number of amides is 1. The van der Waals surface area contributed by atoms with Gasteiger partial charge < -0.3 is 28.9 Å². The van der Waals surface area contributed by atoms with Crippen LogP contribution in [0.3, 0.4) is 0 Å². The van der Waals surface area contributed by atoms with E-state index in [-0.39, 0.29) is 46.9 Å². The number of piperidine rings is 1. The van der Waals surface area contributed by atoms with Gasteiger partial charge in [-0.05, 0) is 84.7 Å². The molecular formula is C34H50FN7O6S. The lowest BCUT2D eigenvalue weighted by Gasteiger charge is -2.54. The number of hydrogen-bond acceptors (Lipinski definition) is 10. The number of ether oxygens (including phenoxy) is 3. The Bertz CT molecular complexity index is 1540. The molecule has 15 heteroatoms. The summed E-state index contributed by atoms with van der Waals surface area (Å²) in [5.74, 6) is 0.554. The topological polar surface area (TPSA) is 130 Å². The zero-order chi connectivity index (χ0) is 34.8. The van der Waals surface area contributed by atoms with E-state index < -0.39 is 16.0 Å². The third-order valence-electron chi connectivity index (χ3n) is 10.1. The first kappa shape index (κ1) is 35.9. The summed E-state index contributed by atoms with van der Waals surface area (Å²) in [5.41, 5.74) is 0.345. The van der Waals surface area contributed by atoms with Gasteiger partial charge in [0.05, 0.1) is 37.7 Å². The molecular weight excluding hydrogens is 653 g/mol. The Kier molecular flexibility index (Phi) is 11.1. The first-order chi connectivity index (χ1) is 23.4. The quantitative estimate of drug-likeness (QED) is 0.372. The molecule has 4 aliphatic rings. The third kappa shape index (κ3) is 8.34. The number of aromatic nitrogens is 2. The first-order valence-electron chi connectivity index (χ1n) is 17.5. The molecule has 4 saturated heterocycles. The maximum absolute atomic E-state index is 14.4. The number of carbonyl (C=O) groups excluding carboxylic acids is 1. The van der Waals surface area contributed by atoms with Crippen LogP contribution in [0.1, 0.15) is 63.7 Å². The normalized spacial score (nSPS) is 23.5. The van der Waals surface area contributed by atoms with E-state index in [1.165, 1.54) is 28.8 Å². The number of hydrogen-bond donors (Lipinski definition) is 1. The Morgan fingerprint density at radius 1 is 1.08 bits per heavy atom. The Balaban J connectivity index is 1.000. The van der Waals surface area contributed by atoms with Gasteiger partial charge in [-0.1, -0.05) is 0 Å². The van der Waals surface area contributed by atoms with Gasteiger partial charge in [-0.25, -0.2) is 14.4 Å². The van der Waals surface area contributed by atoms with Crippen molar-refractivity contribution < 1.29 is 31.8 Å². The van der Waals surface area contributed by atoms with Crippen LogP contribution in [0.5, 0.6) is 11.5 Å². The van der Waals surface area contributed by atoms with Crippen molar-refractivity contribution in [1.82, 2.24) is 28.8 Å². The average Bonchev–Trinajstić information content (AvgIpc) is 3.06. The number of nitrogens with one attached hydrogen (secondary N) is 1. The van der Waals surface area contributed by atoms with Crippen LogP contribution in [0.25, 0.3) is 0 Å². The highest BCUT2D eigenvalue weighted by Crippen LogP contribution is 2.45. The SMILES string of the molecule is CC(C)N(C(=O)c1cc(F)ccc1Oc1cncnc1N1CC2(CCN(C[C@@H]3CC[C@@H](NS(=O)(=O)N4CCOCC4)CO3)CC2)C1)C(C)C. The lowest BCUT2D eigenvalue weighted by molar-refractivity contribution is -0.0302. The average molecular weight is 704 g/mol. The van der Waals surface area contributed by atoms with Crippen molar-refractivity contribution >= 4 is 21.9 Å². The van der Waals surface area contributed by atoms with Crippen LogP contribution in [-0.2, 0) is 19.7 Å². The van der Waals surface area contributed by atoms with E-state index in [1.807, 2.05) is 27.7 Å². The number of halogens is 1. The van der Waals surface area contributed by atoms with Gasteiger partial charge >= 0.3 is 0 Å². The van der Waals surface area contributed by atoms with Crippen LogP contribution in [0.2, 0.25) is 0 Å². The van der Waals surface area contributed by atoms with E-state index in [1.54, 1.807) is 11.1 Å². The summed E-state index contributed by atoms with van der Waals surface area (Å²) in [5, 5.41) is 0. The number of morpholine rings is 1. The lowest BCUT2D eigenvalue weighted by atomic mass is 9.72. The van der Waals surface area contributed by atoms with Crippen LogP contribution in [0.4, 0.5) is 10.2 Å². The predicted octanol–water partition coefficient (Wildman–Crippen LogP) is 3.28. The molecule has 13 nitrogen and oxygen atoms in total. The fraction of sp³-hybridized carbons (Fsp3) is 0.676. The third-order valence-corrected chi connectivity index (χ3v) is 11.8. The highest BCUT2D eigenvalue weighted by Gasteiger charge is 2.46. The predicted molar refractivity (Wildman–Crippen MR) is 182 cm³/mol. The van der Waals surface area contributed by atoms with Gasteiger partial charge in [0, 0.05) is 56.3 Å². The summed E-state index contributed by atoms with van der Waals surface area (Å²) in [6.07, 6.45) is 6.86. The smallest absolute Gasteiger partial charge is 0.279 e. The zero-order valence-corrected chi connectivity index (χ0v) is 29.8. The van der Waals surface area contributed by atoms with Crippen molar-refractivity contribution in [2.45, 2.75) is 77.6 Å². The first-order valence-corrected chi connectivity index (χ1v) is 18.9. The molecule has 0 aliphatic carbocycles. The van der Waals surface area contributed by atoms with E-state index in [0.29, 0.717) is 44.5 Å². The van der Waals surface area contributed by atoms with Gasteiger partial charge in [0.2, 0.25) is 0 Å². The molecule has 0 bridgehead atoms. The van der Waals surface area contributed by atoms with E-state index in [0.717, 1.165) is 58.4 Å². The minimum Gasteiger partial charge on any atom is -0.451 e. The Morgan fingerprint density at radius 2 is 1.80 bits per heavy atom. The maximum Gasteiger partial charge on any atom is 0.279 e. The molecule has 1 aromatic heterocycles. The van der Waals surface area contributed by atoms with Crippen LogP contribution >= 0.6 is 0 Å². The van der Waals surface area contributed by atoms with Gasteiger partial charge in [-0.2, -0.15) is 17.4 Å². The minimum absolute atomic E-state index is 0.0698. The van der Waals surface area contributed by atoms with Crippen molar-refractivity contribution in [3.63, 3.8) is 0 Å². The van der Waals surface area contributed by atoms with Gasteiger partial charge in [-0.15, -0.1) is 0 Å². The van der Waals surface area contributed by atoms with Crippen molar-refractivity contribution in [3.8, 4) is 11.5 Å². The Labute approximate surface area is 289 Å². The fourth-order valence-corrected chi connectivity index (χ4v) is 8.93. The Morgan fingerprint density at radius 3 is 2.45 bits per heavy atom. The van der Waals surface area contributed by atoms with Gasteiger partial charge in [0.15, 0.2) is 11.6 Å². The maximum atomic E-state index is 14.4. The summed E-state index contributed by atoms with van der Waals surface area (Å²) < 4.78 is 61.8. The molecule has 1 spiro atoms. The van der Waals surface area contributed by atoms with Crippen molar-refractivity contribution in [1.29, 1.82) is 0 Å². The van der Waals surface area contributed by atoms with Gasteiger partial charge in [0.25, 0.3) is 16.1 Å². The highest BCUT2D eigenvalue weighted by molar-refractivity contribution is 7.87. The second-order valence-electron chi connectivity index (χ2n) is 14.4. The fourth-order valence-electron chi connectivity index (χ4n) is 7.54. The molecule has 49 heavy (non-hydrogen) atoms. The summed E-state index contributed by atoms with van der Waals surface area (Å²) in [4.78, 5) is 28.6. The van der Waals surface area contributed by atoms with Crippen molar-refractivity contribution in [2.24, 2.45) is 5.41 Å². The van der Waals surface area contributed by atoms with Gasteiger partial charge in [-0.3, -0.25) is 4.79 Å². The molecule has 2 aromatic rings. The summed E-state index contributed by atoms with van der Waals surface area (Å²) >= 11 is 0. The molecule has 270 valence electrons. The number of rotatable bonds is 11. The second-order valence-corrected chi connectivity index (χ2v) is 16.1. The van der Waals surface area contributed by atoms with E-state index in [9.17, 15) is 17.6 Å². The van der Waals surface area contributed by atoms with Crippen LogP contribution < -0.4 is 14.4 Å². The largest absolute Gasteiger partial charge is 0.451 e. The van der Waals surface area contributed by atoms with Crippen LogP contribution in [0, 0.1) is 11.2 Å². The molecule has 6 rings (SSSR count). The molecule has 2 atom stereocenters. The number of carbonyl (C=O) groups is 1. The molecule has 4 aliphatic heterocycles. The van der Waals surface area contributed by atoms with E-state index in [2.05, 4.69) is 24.5 Å². The van der Waals surface area contributed by atoms with Gasteiger partial charge in [0.1, 0.15) is 17.9 Å². The van der Waals surface area contributed by atoms with Crippen LogP contribution in [0.15, 0.2) is 30.7 Å². The molecule has 1 aromatic carbocycles. The van der Waals surface area contributed by atoms with Crippen molar-refractivity contribution in [3.05, 3.63) is 42.1 Å². The van der Waals surface area contributed by atoms with Crippen LogP contribution in [-0.4, -0.2) is 128 Å². The molecule has 0 saturated carbocycles. The molecule has 5 heterocycles. The zero-order valence-electron chi connectivity index (χ0n) is 29.0. The molecule has 0 radical (unpaired) electrons. The van der Waals surface area contributed by atoms with E-state index >= 15 is 0 Å². The monoisotopic (exact) mass is 703 g/mol. The number of anilines is 1. The minimum atomic E-state index is -3.53. The standard InChI is InChI=1S/C34H50FN7O6S/c1-24(2)42(25(3)4)33(43)29-17-26(35)5-8-30(29)48-31-18-36-23-37-32(31)40-21-34(22-40)9-11-39(12-10-34)19-28-7-6-27(20-47-28)38-49(44,45)41-13-15-46-16-14-41/h5,8,17-18,23-25,27-28,38H,6-7,9-16,19-22H2,1-4H3/t27-,28+/m1/s1. The Hall–Kier alpha value is -2.95. The summed E-state index contributed by atoms with van der Waals surface area (Å²) in [6.45, 7) is 14.2. The number of nitrogens with zero attached hydrogens (tertiary/aromatic N) is 6. The number of benzene rings is 1. The molecule has 0 unspecified atom stereocenters. The summed E-state index contributed by atoms with van der Waals surface area (Å²) in [7, 11) is -3.53. The number of likely N-dealkylation sites (tertiary alicyclic amines) is 1. The molecule has 4 fully saturated rings. The highest BCUT2D eigenvalue weighted by atomic mass is 32.2. The van der Waals surface area contributed by atoms with Crippen molar-refractivity contribution in [2.75, 3.05) is 70.5 Å². The molecule has 1 amide bonds. The van der Waals surface area contributed by atoms with E-state index in [4.69, 9.17) is 14.2 Å². The lowest BCUT2D eigenvalue weighted by Crippen LogP contribution is -2.61. The second kappa shape index (κ2) is 15.1. The molecule has 1 N–H and O–H groups in total. The summed E-state index contributed by atoms with van der Waals surface area (Å²) in [6, 6.07) is 3.67.